The molecule has 0 heterocycles. The number of carbonyl (C=O) groups excluding carboxylic acids is 1. The van der Waals surface area contributed by atoms with Crippen LogP contribution in [-0.2, 0) is 26.0 Å². The van der Waals surface area contributed by atoms with Gasteiger partial charge in [-0.05, 0) is 56.0 Å². The molecule has 0 radical (unpaired) electrons. The van der Waals surface area contributed by atoms with E-state index in [9.17, 15) is 13.2 Å². The molecule has 1 N–H and O–H groups in total. The molecule has 31 heavy (non-hydrogen) atoms. The van der Waals surface area contributed by atoms with Crippen LogP contribution in [0.1, 0.15) is 24.5 Å². The van der Waals surface area contributed by atoms with Gasteiger partial charge in [-0.3, -0.25) is 4.79 Å². The van der Waals surface area contributed by atoms with Crippen molar-refractivity contribution in [1.82, 2.24) is 9.62 Å². The van der Waals surface area contributed by atoms with Gasteiger partial charge in [0.2, 0.25) is 15.9 Å². The summed E-state index contributed by atoms with van der Waals surface area (Å²) in [6, 6.07) is 14.3. The average molecular weight is 449 g/mol. The molecule has 0 aromatic heterocycles. The van der Waals surface area contributed by atoms with Crippen molar-refractivity contribution in [2.75, 3.05) is 40.0 Å². The fourth-order valence-corrected chi connectivity index (χ4v) is 4.59. The van der Waals surface area contributed by atoms with Crippen LogP contribution in [0, 0.1) is 6.92 Å². The van der Waals surface area contributed by atoms with Gasteiger partial charge in [-0.2, -0.15) is 4.31 Å². The zero-order valence-electron chi connectivity index (χ0n) is 18.5. The van der Waals surface area contributed by atoms with Crippen LogP contribution in [0.3, 0.4) is 0 Å². The Morgan fingerprint density at radius 1 is 1.13 bits per heavy atom. The van der Waals surface area contributed by atoms with Crippen molar-refractivity contribution in [1.29, 1.82) is 0 Å². The van der Waals surface area contributed by atoms with E-state index in [1.165, 1.54) is 10.4 Å². The molecule has 2 aromatic rings. The van der Waals surface area contributed by atoms with E-state index in [4.69, 9.17) is 9.47 Å². The van der Waals surface area contributed by atoms with Gasteiger partial charge in [0.1, 0.15) is 5.75 Å². The van der Waals surface area contributed by atoms with E-state index in [1.54, 1.807) is 26.2 Å². The number of hydrogen-bond acceptors (Lipinski definition) is 5. The molecule has 0 fully saturated rings. The number of amides is 1. The van der Waals surface area contributed by atoms with Crippen molar-refractivity contribution in [2.24, 2.45) is 0 Å². The number of nitrogens with zero attached hydrogens (tertiary/aromatic N) is 1. The molecule has 8 heteroatoms. The molecular weight excluding hydrogens is 416 g/mol. The summed E-state index contributed by atoms with van der Waals surface area (Å²) in [7, 11) is -2.32. The first kappa shape index (κ1) is 24.8. The molecule has 7 nitrogen and oxygen atoms in total. The number of sulfonamides is 1. The van der Waals surface area contributed by atoms with E-state index in [0.717, 1.165) is 5.56 Å². The molecule has 1 amide bonds. The highest BCUT2D eigenvalue weighted by molar-refractivity contribution is 7.89. The summed E-state index contributed by atoms with van der Waals surface area (Å²) < 4.78 is 38.4. The van der Waals surface area contributed by atoms with Crippen LogP contribution in [0.4, 0.5) is 0 Å². The number of hydrogen-bond donors (Lipinski definition) is 1. The van der Waals surface area contributed by atoms with Crippen LogP contribution in [-0.4, -0.2) is 58.6 Å². The maximum absolute atomic E-state index is 13.3. The standard InChI is InChI=1S/C23H32N2O5S/c1-4-30-16-8-14-24-23(26)18-25(15-13-20-9-6-5-7-10-20)31(27,28)21-11-12-22(29-3)19(2)17-21/h5-7,9-12,17H,4,8,13-16,18H2,1-3H3,(H,24,26). The zero-order chi connectivity index (χ0) is 22.7. The lowest BCUT2D eigenvalue weighted by Gasteiger charge is -2.22. The Morgan fingerprint density at radius 3 is 2.52 bits per heavy atom. The molecule has 0 aliphatic rings. The molecule has 0 bridgehead atoms. The highest BCUT2D eigenvalue weighted by atomic mass is 32.2. The van der Waals surface area contributed by atoms with Crippen molar-refractivity contribution >= 4 is 15.9 Å². The van der Waals surface area contributed by atoms with Crippen molar-refractivity contribution in [3.8, 4) is 5.75 Å². The van der Waals surface area contributed by atoms with Gasteiger partial charge >= 0.3 is 0 Å². The Bertz CT molecular complexity index is 932. The van der Waals surface area contributed by atoms with Gasteiger partial charge in [0.15, 0.2) is 0 Å². The Hall–Kier alpha value is -2.42. The summed E-state index contributed by atoms with van der Waals surface area (Å²) in [5.74, 6) is 0.278. The number of benzene rings is 2. The Kier molecular flexibility index (Phi) is 9.97. The smallest absolute Gasteiger partial charge is 0.243 e. The Balaban J connectivity index is 2.15. The quantitative estimate of drug-likeness (QED) is 0.476. The number of methoxy groups -OCH3 is 1. The lowest BCUT2D eigenvalue weighted by molar-refractivity contribution is -0.121. The van der Waals surface area contributed by atoms with E-state index in [1.807, 2.05) is 37.3 Å². The van der Waals surface area contributed by atoms with Crippen molar-refractivity contribution in [2.45, 2.75) is 31.6 Å². The van der Waals surface area contributed by atoms with E-state index in [2.05, 4.69) is 5.32 Å². The number of rotatable bonds is 13. The molecule has 2 rings (SSSR count). The van der Waals surface area contributed by atoms with E-state index >= 15 is 0 Å². The van der Waals surface area contributed by atoms with Gasteiger partial charge in [-0.15, -0.1) is 0 Å². The van der Waals surface area contributed by atoms with Gasteiger partial charge in [0.25, 0.3) is 0 Å². The predicted octanol–water partition coefficient (Wildman–Crippen LogP) is 2.78. The average Bonchev–Trinajstić information content (AvgIpc) is 2.77. The molecule has 0 unspecified atom stereocenters. The summed E-state index contributed by atoms with van der Waals surface area (Å²) >= 11 is 0. The van der Waals surface area contributed by atoms with Crippen LogP contribution >= 0.6 is 0 Å². The summed E-state index contributed by atoms with van der Waals surface area (Å²) in [6.45, 7) is 5.27. The largest absolute Gasteiger partial charge is 0.496 e. The van der Waals surface area contributed by atoms with E-state index < -0.39 is 10.0 Å². The van der Waals surface area contributed by atoms with Crippen LogP contribution in [0.2, 0.25) is 0 Å². The Morgan fingerprint density at radius 2 is 1.87 bits per heavy atom. The first-order valence-electron chi connectivity index (χ1n) is 10.4. The monoisotopic (exact) mass is 448 g/mol. The van der Waals surface area contributed by atoms with Gasteiger partial charge in [0.05, 0.1) is 18.6 Å². The van der Waals surface area contributed by atoms with Crippen LogP contribution in [0.5, 0.6) is 5.75 Å². The molecule has 0 saturated carbocycles. The van der Waals surface area contributed by atoms with Gasteiger partial charge in [-0.25, -0.2) is 8.42 Å². The third-order valence-corrected chi connectivity index (χ3v) is 6.65. The summed E-state index contributed by atoms with van der Waals surface area (Å²) in [4.78, 5) is 12.6. The summed E-state index contributed by atoms with van der Waals surface area (Å²) in [5, 5.41) is 2.78. The SMILES string of the molecule is CCOCCCNC(=O)CN(CCc1ccccc1)S(=O)(=O)c1ccc(OC)c(C)c1. The maximum Gasteiger partial charge on any atom is 0.243 e. The fourth-order valence-electron chi connectivity index (χ4n) is 3.11. The molecule has 0 aliphatic heterocycles. The molecule has 0 spiro atoms. The number of nitrogens with one attached hydrogen (secondary N) is 1. The number of ether oxygens (including phenoxy) is 2. The number of carbonyl (C=O) groups is 1. The van der Waals surface area contributed by atoms with E-state index in [0.29, 0.717) is 43.9 Å². The summed E-state index contributed by atoms with van der Waals surface area (Å²) in [5.41, 5.74) is 1.72. The minimum Gasteiger partial charge on any atom is -0.496 e. The highest BCUT2D eigenvalue weighted by Crippen LogP contribution is 2.24. The van der Waals surface area contributed by atoms with Gasteiger partial charge < -0.3 is 14.8 Å². The number of aryl methyl sites for hydroxylation is 1. The van der Waals surface area contributed by atoms with E-state index in [-0.39, 0.29) is 23.9 Å². The third-order valence-electron chi connectivity index (χ3n) is 4.81. The zero-order valence-corrected chi connectivity index (χ0v) is 19.3. The first-order valence-corrected chi connectivity index (χ1v) is 11.9. The third kappa shape index (κ3) is 7.65. The van der Waals surface area contributed by atoms with Crippen LogP contribution in [0.25, 0.3) is 0 Å². The second kappa shape index (κ2) is 12.4. The lowest BCUT2D eigenvalue weighted by atomic mass is 10.1. The maximum atomic E-state index is 13.3. The predicted molar refractivity (Wildman–Crippen MR) is 121 cm³/mol. The minimum atomic E-state index is -3.86. The molecular formula is C23H32N2O5S. The second-order valence-electron chi connectivity index (χ2n) is 7.11. The minimum absolute atomic E-state index is 0.142. The van der Waals surface area contributed by atoms with Crippen LogP contribution < -0.4 is 10.1 Å². The normalized spacial score (nSPS) is 11.5. The summed E-state index contributed by atoms with van der Waals surface area (Å²) in [6.07, 6.45) is 1.18. The fraction of sp³-hybridized carbons (Fsp3) is 0.435. The molecule has 0 saturated heterocycles. The van der Waals surface area contributed by atoms with Crippen LogP contribution in [0.15, 0.2) is 53.4 Å². The second-order valence-corrected chi connectivity index (χ2v) is 9.04. The van der Waals surface area contributed by atoms with Crippen molar-refractivity contribution in [3.05, 3.63) is 59.7 Å². The first-order chi connectivity index (χ1) is 14.9. The highest BCUT2D eigenvalue weighted by Gasteiger charge is 2.27. The molecule has 0 atom stereocenters. The Labute approximate surface area is 185 Å². The van der Waals surface area contributed by atoms with Gasteiger partial charge in [-0.1, -0.05) is 30.3 Å². The molecule has 2 aromatic carbocycles. The van der Waals surface area contributed by atoms with Crippen molar-refractivity contribution in [3.63, 3.8) is 0 Å². The molecule has 0 aliphatic carbocycles. The van der Waals surface area contributed by atoms with Crippen molar-refractivity contribution < 1.29 is 22.7 Å². The lowest BCUT2D eigenvalue weighted by Crippen LogP contribution is -2.42. The van der Waals surface area contributed by atoms with Gasteiger partial charge in [0, 0.05) is 26.3 Å². The topological polar surface area (TPSA) is 84.9 Å². The molecule has 170 valence electrons.